The van der Waals surface area contributed by atoms with Gasteiger partial charge in [-0.2, -0.15) is 0 Å². The molecule has 2 aliphatic carbocycles. The molecule has 11 heavy (non-hydrogen) atoms. The average molecular weight is 166 g/mol. The summed E-state index contributed by atoms with van der Waals surface area (Å²) >= 11 is 0. The van der Waals surface area contributed by atoms with Gasteiger partial charge in [0.2, 0.25) is 9.76 Å². The summed E-state index contributed by atoms with van der Waals surface area (Å²) in [6.45, 7) is 0. The highest BCUT2D eigenvalue weighted by Crippen LogP contribution is 2.44. The van der Waals surface area contributed by atoms with Crippen LogP contribution in [0.15, 0.2) is 12.2 Å². The van der Waals surface area contributed by atoms with Crippen molar-refractivity contribution in [2.75, 3.05) is 7.11 Å². The Morgan fingerprint density at radius 1 is 1.45 bits per heavy atom. The lowest BCUT2D eigenvalue weighted by Gasteiger charge is -2.15. The molecule has 1 fully saturated rings. The fourth-order valence-electron chi connectivity index (χ4n) is 2.32. The molecule has 0 N–H and O–H groups in total. The first-order valence-corrected chi connectivity index (χ1v) is 5.46. The molecular formula is C9H14OSi. The fourth-order valence-corrected chi connectivity index (χ4v) is 3.17. The quantitative estimate of drug-likeness (QED) is 0.459. The van der Waals surface area contributed by atoms with Gasteiger partial charge in [-0.15, -0.1) is 0 Å². The Morgan fingerprint density at radius 3 is 2.91 bits per heavy atom. The molecular weight excluding hydrogens is 152 g/mol. The Hall–Kier alpha value is -0.0831. The van der Waals surface area contributed by atoms with Crippen molar-refractivity contribution in [3.8, 4) is 0 Å². The lowest BCUT2D eigenvalue weighted by atomic mass is 9.96. The van der Waals surface area contributed by atoms with Crippen LogP contribution in [0.3, 0.4) is 0 Å². The van der Waals surface area contributed by atoms with Gasteiger partial charge in [-0.1, -0.05) is 12.2 Å². The molecule has 1 nitrogen and oxygen atoms in total. The van der Waals surface area contributed by atoms with Gasteiger partial charge in [0.15, 0.2) is 0 Å². The number of rotatable bonds is 3. The molecule has 0 heterocycles. The van der Waals surface area contributed by atoms with Crippen LogP contribution in [-0.2, 0) is 4.43 Å². The third-order valence-corrected chi connectivity index (χ3v) is 3.89. The van der Waals surface area contributed by atoms with Crippen LogP contribution in [-0.4, -0.2) is 16.9 Å². The van der Waals surface area contributed by atoms with Crippen LogP contribution >= 0.6 is 0 Å². The van der Waals surface area contributed by atoms with Crippen molar-refractivity contribution in [2.45, 2.75) is 18.9 Å². The van der Waals surface area contributed by atoms with Crippen molar-refractivity contribution < 1.29 is 4.43 Å². The van der Waals surface area contributed by atoms with Gasteiger partial charge < -0.3 is 4.43 Å². The van der Waals surface area contributed by atoms with Crippen LogP contribution in [0.1, 0.15) is 12.8 Å². The highest BCUT2D eigenvalue weighted by Gasteiger charge is 2.34. The number of hydrogen-bond donors (Lipinski definition) is 0. The second-order valence-corrected chi connectivity index (χ2v) is 4.70. The molecule has 0 aromatic rings. The zero-order valence-corrected chi connectivity index (χ0v) is 7.92. The molecule has 3 atom stereocenters. The van der Waals surface area contributed by atoms with E-state index in [1.165, 1.54) is 18.9 Å². The minimum atomic E-state index is 0.724. The molecule has 2 radical (unpaired) electrons. The number of allylic oxidation sites excluding steroid dienone is 2. The first-order valence-electron chi connectivity index (χ1n) is 4.34. The van der Waals surface area contributed by atoms with E-state index in [9.17, 15) is 0 Å². The molecule has 2 bridgehead atoms. The molecule has 60 valence electrons. The van der Waals surface area contributed by atoms with Crippen molar-refractivity contribution in [3.05, 3.63) is 12.2 Å². The first kappa shape index (κ1) is 7.56. The minimum Gasteiger partial charge on any atom is -0.421 e. The van der Waals surface area contributed by atoms with Crippen molar-refractivity contribution in [2.24, 2.45) is 17.8 Å². The molecule has 0 saturated heterocycles. The molecule has 2 rings (SSSR count). The molecule has 0 amide bonds. The summed E-state index contributed by atoms with van der Waals surface area (Å²) in [5, 5.41) is 0. The summed E-state index contributed by atoms with van der Waals surface area (Å²) < 4.78 is 5.12. The SMILES string of the molecule is CO[Si]CC1CC2C=CC1C2. The molecule has 2 aliphatic rings. The molecule has 2 heteroatoms. The van der Waals surface area contributed by atoms with Crippen molar-refractivity contribution in [1.82, 2.24) is 0 Å². The Kier molecular flexibility index (Phi) is 2.14. The smallest absolute Gasteiger partial charge is 0.229 e. The normalized spacial score (nSPS) is 40.3. The van der Waals surface area contributed by atoms with Crippen LogP contribution in [0.2, 0.25) is 6.04 Å². The predicted molar refractivity (Wildman–Crippen MR) is 46.4 cm³/mol. The highest BCUT2D eigenvalue weighted by molar-refractivity contribution is 6.27. The summed E-state index contributed by atoms with van der Waals surface area (Å²) in [6.07, 6.45) is 7.67. The van der Waals surface area contributed by atoms with Gasteiger partial charge in [-0.25, -0.2) is 0 Å². The van der Waals surface area contributed by atoms with Gasteiger partial charge in [-0.3, -0.25) is 0 Å². The molecule has 0 aromatic heterocycles. The lowest BCUT2D eigenvalue weighted by Crippen LogP contribution is -2.10. The second-order valence-electron chi connectivity index (χ2n) is 3.59. The molecule has 1 saturated carbocycles. The topological polar surface area (TPSA) is 9.23 Å². The van der Waals surface area contributed by atoms with E-state index in [0.29, 0.717) is 0 Å². The van der Waals surface area contributed by atoms with E-state index in [0.717, 1.165) is 27.5 Å². The van der Waals surface area contributed by atoms with Gasteiger partial charge >= 0.3 is 0 Å². The van der Waals surface area contributed by atoms with E-state index in [-0.39, 0.29) is 0 Å². The lowest BCUT2D eigenvalue weighted by molar-refractivity contribution is 0.413. The van der Waals surface area contributed by atoms with E-state index in [2.05, 4.69) is 12.2 Å². The van der Waals surface area contributed by atoms with Crippen LogP contribution < -0.4 is 0 Å². The second kappa shape index (κ2) is 3.11. The van der Waals surface area contributed by atoms with Crippen molar-refractivity contribution >= 4 is 9.76 Å². The maximum Gasteiger partial charge on any atom is 0.229 e. The van der Waals surface area contributed by atoms with Gasteiger partial charge in [0, 0.05) is 7.11 Å². The van der Waals surface area contributed by atoms with E-state index >= 15 is 0 Å². The molecule has 0 aromatic carbocycles. The first-order chi connectivity index (χ1) is 5.40. The summed E-state index contributed by atoms with van der Waals surface area (Å²) in [7, 11) is 2.53. The maximum atomic E-state index is 5.12. The van der Waals surface area contributed by atoms with Crippen LogP contribution in [0.4, 0.5) is 0 Å². The summed E-state index contributed by atoms with van der Waals surface area (Å²) in [5.41, 5.74) is 0. The number of hydrogen-bond acceptors (Lipinski definition) is 1. The van der Waals surface area contributed by atoms with Crippen LogP contribution in [0.5, 0.6) is 0 Å². The Morgan fingerprint density at radius 2 is 2.36 bits per heavy atom. The monoisotopic (exact) mass is 166 g/mol. The Bertz CT molecular complexity index is 167. The van der Waals surface area contributed by atoms with Crippen LogP contribution in [0.25, 0.3) is 0 Å². The largest absolute Gasteiger partial charge is 0.421 e. The van der Waals surface area contributed by atoms with Gasteiger partial charge in [-0.05, 0) is 36.6 Å². The maximum absolute atomic E-state index is 5.12. The van der Waals surface area contributed by atoms with E-state index in [1.54, 1.807) is 0 Å². The molecule has 3 unspecified atom stereocenters. The third kappa shape index (κ3) is 1.42. The summed E-state index contributed by atoms with van der Waals surface area (Å²) in [4.78, 5) is 0. The van der Waals surface area contributed by atoms with Gasteiger partial charge in [0.05, 0.1) is 0 Å². The fraction of sp³-hybridized carbons (Fsp3) is 0.778. The average Bonchev–Trinajstić information content (AvgIpc) is 2.60. The van der Waals surface area contributed by atoms with Crippen molar-refractivity contribution in [3.63, 3.8) is 0 Å². The molecule has 0 aliphatic heterocycles. The third-order valence-electron chi connectivity index (χ3n) is 2.91. The van der Waals surface area contributed by atoms with Gasteiger partial charge in [0.25, 0.3) is 0 Å². The Balaban J connectivity index is 1.84. The van der Waals surface area contributed by atoms with E-state index in [4.69, 9.17) is 4.43 Å². The standard InChI is InChI=1S/C9H14OSi/c1-10-11-6-9-5-7-2-3-8(9)4-7/h2-3,7-9H,4-6H2,1H3. The highest BCUT2D eigenvalue weighted by atomic mass is 28.2. The summed E-state index contributed by atoms with van der Waals surface area (Å²) in [5.74, 6) is 2.78. The summed E-state index contributed by atoms with van der Waals surface area (Å²) in [6, 6.07) is 1.29. The zero-order chi connectivity index (χ0) is 7.68. The van der Waals surface area contributed by atoms with Crippen molar-refractivity contribution in [1.29, 1.82) is 0 Å². The molecule has 0 spiro atoms. The van der Waals surface area contributed by atoms with E-state index < -0.39 is 0 Å². The number of fused-ring (bicyclic) bond motifs is 2. The zero-order valence-electron chi connectivity index (χ0n) is 6.92. The van der Waals surface area contributed by atoms with E-state index in [1.807, 2.05) is 7.11 Å². The minimum absolute atomic E-state index is 0.724. The Labute approximate surface area is 70.8 Å². The van der Waals surface area contributed by atoms with Gasteiger partial charge in [0.1, 0.15) is 0 Å². The van der Waals surface area contributed by atoms with Crippen LogP contribution in [0, 0.1) is 17.8 Å². The predicted octanol–water partition coefficient (Wildman–Crippen LogP) is 1.88.